The van der Waals surface area contributed by atoms with Crippen molar-refractivity contribution in [3.8, 4) is 0 Å². The van der Waals surface area contributed by atoms with E-state index in [-0.39, 0.29) is 5.78 Å². The monoisotopic (exact) mass is 219 g/mol. The number of nitrogens with two attached hydrogens (primary N) is 1. The Bertz CT molecular complexity index is 514. The van der Waals surface area contributed by atoms with Crippen LogP contribution in [0.5, 0.6) is 0 Å². The van der Waals surface area contributed by atoms with Gasteiger partial charge in [-0.1, -0.05) is 13.8 Å². The highest BCUT2D eigenvalue weighted by Gasteiger charge is 2.09. The minimum Gasteiger partial charge on any atom is -0.395 e. The second kappa shape index (κ2) is 4.79. The molecule has 2 rings (SSSR count). The van der Waals surface area contributed by atoms with Crippen LogP contribution in [0.15, 0.2) is 18.5 Å². The lowest BCUT2D eigenvalue weighted by atomic mass is 10.1. The van der Waals surface area contributed by atoms with E-state index >= 15 is 0 Å². The minimum absolute atomic E-state index is 0.0364. The Kier molecular flexibility index (Phi) is 3.66. The van der Waals surface area contributed by atoms with Crippen molar-refractivity contribution >= 4 is 17.1 Å². The molecule has 86 valence electrons. The first-order valence-electron chi connectivity index (χ1n) is 5.34. The second-order valence-corrected chi connectivity index (χ2v) is 3.31. The van der Waals surface area contributed by atoms with Crippen molar-refractivity contribution < 1.29 is 4.79 Å². The third kappa shape index (κ3) is 2.05. The number of carbonyl (C=O) groups is 1. The van der Waals surface area contributed by atoms with Crippen molar-refractivity contribution in [2.75, 3.05) is 5.73 Å². The van der Waals surface area contributed by atoms with E-state index < -0.39 is 0 Å². The Morgan fingerprint density at radius 1 is 1.44 bits per heavy atom. The first kappa shape index (κ1) is 12.2. The molecule has 0 aliphatic heterocycles. The molecule has 0 aliphatic rings. The van der Waals surface area contributed by atoms with Gasteiger partial charge in [0.1, 0.15) is 0 Å². The summed E-state index contributed by atoms with van der Waals surface area (Å²) in [6, 6.07) is 1.71. The highest BCUT2D eigenvalue weighted by Crippen LogP contribution is 2.18. The molecule has 2 aromatic rings. The van der Waals surface area contributed by atoms with Crippen LogP contribution >= 0.6 is 0 Å². The molecule has 0 atom stereocenters. The standard InChI is InChI=1S/C10H11N3O.C2H6/c1-6-5-13-4-3-8(7(2)14)9(11)10(13)12-6;1-2/h3-5H,11H2,1-2H3;1-2H3. The van der Waals surface area contributed by atoms with Crippen LogP contribution in [0.3, 0.4) is 0 Å². The maximum Gasteiger partial charge on any atom is 0.162 e. The number of rotatable bonds is 1. The molecule has 0 saturated heterocycles. The summed E-state index contributed by atoms with van der Waals surface area (Å²) in [5.74, 6) is -0.0364. The smallest absolute Gasteiger partial charge is 0.162 e. The van der Waals surface area contributed by atoms with Gasteiger partial charge in [0.15, 0.2) is 11.4 Å². The number of hydrogen-bond acceptors (Lipinski definition) is 3. The van der Waals surface area contributed by atoms with Crippen molar-refractivity contribution in [2.24, 2.45) is 0 Å². The minimum atomic E-state index is -0.0364. The second-order valence-electron chi connectivity index (χ2n) is 3.31. The largest absolute Gasteiger partial charge is 0.395 e. The summed E-state index contributed by atoms with van der Waals surface area (Å²) < 4.78 is 1.82. The number of ketones is 1. The number of hydrogen-bond donors (Lipinski definition) is 1. The summed E-state index contributed by atoms with van der Waals surface area (Å²) in [4.78, 5) is 15.4. The molecule has 2 heterocycles. The predicted octanol–water partition coefficient (Wildman–Crippen LogP) is 2.45. The molecular weight excluding hydrogens is 202 g/mol. The van der Waals surface area contributed by atoms with Gasteiger partial charge in [-0.2, -0.15) is 0 Å². The lowest BCUT2D eigenvalue weighted by Crippen LogP contribution is -2.02. The van der Waals surface area contributed by atoms with Gasteiger partial charge in [0.25, 0.3) is 0 Å². The van der Waals surface area contributed by atoms with Gasteiger partial charge in [-0.05, 0) is 19.9 Å². The highest BCUT2D eigenvalue weighted by atomic mass is 16.1. The molecular formula is C12H17N3O. The van der Waals surface area contributed by atoms with Crippen LogP contribution in [0.25, 0.3) is 5.65 Å². The number of fused-ring (bicyclic) bond motifs is 1. The normalized spacial score (nSPS) is 9.75. The van der Waals surface area contributed by atoms with Crippen molar-refractivity contribution in [1.29, 1.82) is 0 Å². The van der Waals surface area contributed by atoms with Gasteiger partial charge < -0.3 is 10.1 Å². The molecule has 0 fully saturated rings. The van der Waals surface area contributed by atoms with Crippen LogP contribution < -0.4 is 5.73 Å². The lowest BCUT2D eigenvalue weighted by molar-refractivity contribution is 0.101. The zero-order chi connectivity index (χ0) is 12.3. The number of aromatic nitrogens is 2. The molecule has 2 aromatic heterocycles. The van der Waals surface area contributed by atoms with Crippen molar-refractivity contribution in [2.45, 2.75) is 27.7 Å². The van der Waals surface area contributed by atoms with E-state index in [0.717, 1.165) is 5.69 Å². The van der Waals surface area contributed by atoms with Gasteiger partial charge in [-0.15, -0.1) is 0 Å². The van der Waals surface area contributed by atoms with Crippen molar-refractivity contribution in [3.05, 3.63) is 29.7 Å². The molecule has 0 spiro atoms. The predicted molar refractivity (Wildman–Crippen MR) is 65.7 cm³/mol. The van der Waals surface area contributed by atoms with E-state index in [1.165, 1.54) is 6.92 Å². The number of Topliss-reactive ketones (excluding diaryl/α,β-unsaturated/α-hetero) is 1. The SMILES string of the molecule is CC.CC(=O)c1ccn2cc(C)nc2c1N. The number of pyridine rings is 1. The van der Waals surface area contributed by atoms with Crippen molar-refractivity contribution in [3.63, 3.8) is 0 Å². The molecule has 0 amide bonds. The molecule has 4 nitrogen and oxygen atoms in total. The van der Waals surface area contributed by atoms with Crippen molar-refractivity contribution in [1.82, 2.24) is 9.38 Å². The Morgan fingerprint density at radius 3 is 2.62 bits per heavy atom. The number of anilines is 1. The van der Waals surface area contributed by atoms with Gasteiger partial charge in [0, 0.05) is 18.0 Å². The zero-order valence-corrected chi connectivity index (χ0v) is 10.1. The number of nitrogen functional groups attached to an aromatic ring is 1. The Morgan fingerprint density at radius 2 is 2.06 bits per heavy atom. The van der Waals surface area contributed by atoms with Gasteiger partial charge in [0.2, 0.25) is 0 Å². The number of nitrogens with zero attached hydrogens (tertiary/aromatic N) is 2. The Balaban J connectivity index is 0.000000606. The molecule has 0 aromatic carbocycles. The highest BCUT2D eigenvalue weighted by molar-refractivity contribution is 6.01. The van der Waals surface area contributed by atoms with Crippen LogP contribution in [0.1, 0.15) is 36.8 Å². The summed E-state index contributed by atoms with van der Waals surface area (Å²) in [5, 5.41) is 0. The summed E-state index contributed by atoms with van der Waals surface area (Å²) >= 11 is 0. The van der Waals surface area contributed by atoms with E-state index in [9.17, 15) is 4.79 Å². The summed E-state index contributed by atoms with van der Waals surface area (Å²) in [5.41, 5.74) is 8.35. The van der Waals surface area contributed by atoms with Crippen LogP contribution in [0.4, 0.5) is 5.69 Å². The summed E-state index contributed by atoms with van der Waals surface area (Å²) in [7, 11) is 0. The molecule has 0 radical (unpaired) electrons. The van der Waals surface area contributed by atoms with Crippen LogP contribution in [0, 0.1) is 6.92 Å². The van der Waals surface area contributed by atoms with E-state index in [4.69, 9.17) is 5.73 Å². The summed E-state index contributed by atoms with van der Waals surface area (Å²) in [6.45, 7) is 7.39. The molecule has 0 bridgehead atoms. The number of aryl methyl sites for hydroxylation is 1. The molecule has 4 heteroatoms. The van der Waals surface area contributed by atoms with E-state index in [1.807, 2.05) is 31.4 Å². The van der Waals surface area contributed by atoms with Crippen LogP contribution in [-0.2, 0) is 0 Å². The van der Waals surface area contributed by atoms with Gasteiger partial charge in [0.05, 0.1) is 11.4 Å². The van der Waals surface area contributed by atoms with Crippen LogP contribution in [0.2, 0.25) is 0 Å². The maximum absolute atomic E-state index is 11.2. The number of imidazole rings is 1. The third-order valence-electron chi connectivity index (χ3n) is 2.16. The molecule has 0 aliphatic carbocycles. The molecule has 0 unspecified atom stereocenters. The van der Waals surface area contributed by atoms with Gasteiger partial charge in [-0.25, -0.2) is 4.98 Å². The van der Waals surface area contributed by atoms with E-state index in [1.54, 1.807) is 12.3 Å². The summed E-state index contributed by atoms with van der Waals surface area (Å²) in [6.07, 6.45) is 3.66. The average Bonchev–Trinajstić information content (AvgIpc) is 2.62. The number of carbonyl (C=O) groups excluding carboxylic acids is 1. The Labute approximate surface area is 95.1 Å². The first-order valence-corrected chi connectivity index (χ1v) is 5.34. The first-order chi connectivity index (χ1) is 7.59. The lowest BCUT2D eigenvalue weighted by Gasteiger charge is -2.02. The van der Waals surface area contributed by atoms with E-state index in [2.05, 4.69) is 4.98 Å². The fourth-order valence-electron chi connectivity index (χ4n) is 1.50. The Hall–Kier alpha value is -1.84. The van der Waals surface area contributed by atoms with Gasteiger partial charge in [-0.3, -0.25) is 4.79 Å². The zero-order valence-electron chi connectivity index (χ0n) is 10.1. The van der Waals surface area contributed by atoms with Gasteiger partial charge >= 0.3 is 0 Å². The quantitative estimate of drug-likeness (QED) is 0.749. The third-order valence-corrected chi connectivity index (χ3v) is 2.16. The van der Waals surface area contributed by atoms with E-state index in [0.29, 0.717) is 16.9 Å². The molecule has 16 heavy (non-hydrogen) atoms. The topological polar surface area (TPSA) is 60.4 Å². The average molecular weight is 219 g/mol. The molecule has 2 N–H and O–H groups in total. The maximum atomic E-state index is 11.2. The fraction of sp³-hybridized carbons (Fsp3) is 0.333. The van der Waals surface area contributed by atoms with Crippen LogP contribution in [-0.4, -0.2) is 15.2 Å². The molecule has 0 saturated carbocycles. The fourth-order valence-corrected chi connectivity index (χ4v) is 1.50.